The Morgan fingerprint density at radius 3 is 2.88 bits per heavy atom. The molecule has 2 amide bonds. The van der Waals surface area contributed by atoms with Crippen LogP contribution in [-0.4, -0.2) is 36.1 Å². The van der Waals surface area contributed by atoms with E-state index in [0.29, 0.717) is 17.8 Å². The number of ether oxygens (including phenoxy) is 1. The SMILES string of the molecule is Cc1cccc(NC(=O)c2cc(C(=O)NCC3CCCO3)ccn2)c1. The summed E-state index contributed by atoms with van der Waals surface area (Å²) in [5.74, 6) is -0.582. The van der Waals surface area contributed by atoms with E-state index in [0.717, 1.165) is 25.0 Å². The van der Waals surface area contributed by atoms with Gasteiger partial charge in [0.2, 0.25) is 0 Å². The van der Waals surface area contributed by atoms with E-state index in [9.17, 15) is 9.59 Å². The van der Waals surface area contributed by atoms with Crippen molar-refractivity contribution in [2.45, 2.75) is 25.9 Å². The van der Waals surface area contributed by atoms with Gasteiger partial charge in [0.05, 0.1) is 6.10 Å². The Morgan fingerprint density at radius 2 is 2.12 bits per heavy atom. The maximum atomic E-state index is 12.3. The topological polar surface area (TPSA) is 80.3 Å². The zero-order valence-corrected chi connectivity index (χ0v) is 14.1. The van der Waals surface area contributed by atoms with E-state index < -0.39 is 0 Å². The van der Waals surface area contributed by atoms with E-state index in [4.69, 9.17) is 4.74 Å². The summed E-state index contributed by atoms with van der Waals surface area (Å²) in [5, 5.41) is 5.63. The Bertz CT molecular complexity index is 770. The molecule has 1 aliphatic rings. The second-order valence-electron chi connectivity index (χ2n) is 6.10. The van der Waals surface area contributed by atoms with Crippen LogP contribution in [0.25, 0.3) is 0 Å². The van der Waals surface area contributed by atoms with Crippen molar-refractivity contribution < 1.29 is 14.3 Å². The number of nitrogens with zero attached hydrogens (tertiary/aromatic N) is 1. The third-order valence-corrected chi connectivity index (χ3v) is 4.04. The van der Waals surface area contributed by atoms with Crippen LogP contribution in [0.4, 0.5) is 5.69 Å². The molecule has 1 fully saturated rings. The van der Waals surface area contributed by atoms with Crippen molar-refractivity contribution in [3.05, 3.63) is 59.4 Å². The van der Waals surface area contributed by atoms with E-state index in [1.165, 1.54) is 12.3 Å². The van der Waals surface area contributed by atoms with Crippen LogP contribution in [0.15, 0.2) is 42.6 Å². The summed E-state index contributed by atoms with van der Waals surface area (Å²) in [6, 6.07) is 10.6. The first kappa shape index (κ1) is 17.1. The Morgan fingerprint density at radius 1 is 1.24 bits per heavy atom. The maximum absolute atomic E-state index is 12.3. The van der Waals surface area contributed by atoms with Gasteiger partial charge < -0.3 is 15.4 Å². The Kier molecular flexibility index (Phi) is 5.40. The van der Waals surface area contributed by atoms with E-state index in [1.54, 1.807) is 6.07 Å². The number of carbonyl (C=O) groups excluding carboxylic acids is 2. The Labute approximate surface area is 146 Å². The molecule has 6 heteroatoms. The van der Waals surface area contributed by atoms with Crippen LogP contribution in [0.1, 0.15) is 39.3 Å². The lowest BCUT2D eigenvalue weighted by Gasteiger charge is -2.11. The van der Waals surface area contributed by atoms with Crippen LogP contribution >= 0.6 is 0 Å². The molecule has 1 aliphatic heterocycles. The average molecular weight is 339 g/mol. The van der Waals surface area contributed by atoms with Crippen LogP contribution in [0, 0.1) is 6.92 Å². The number of benzene rings is 1. The second kappa shape index (κ2) is 7.90. The number of anilines is 1. The predicted molar refractivity (Wildman–Crippen MR) is 94.7 cm³/mol. The van der Waals surface area contributed by atoms with Crippen LogP contribution in [0.3, 0.4) is 0 Å². The number of hydrogen-bond acceptors (Lipinski definition) is 4. The summed E-state index contributed by atoms with van der Waals surface area (Å²) in [7, 11) is 0. The Hall–Kier alpha value is -2.73. The second-order valence-corrected chi connectivity index (χ2v) is 6.10. The van der Waals surface area contributed by atoms with Crippen molar-refractivity contribution in [3.8, 4) is 0 Å². The number of nitrogens with one attached hydrogen (secondary N) is 2. The summed E-state index contributed by atoms with van der Waals surface area (Å²) < 4.78 is 5.49. The number of rotatable bonds is 5. The number of amides is 2. The number of hydrogen-bond donors (Lipinski definition) is 2. The molecule has 6 nitrogen and oxygen atoms in total. The molecule has 2 heterocycles. The molecule has 2 aromatic rings. The fourth-order valence-electron chi connectivity index (χ4n) is 2.73. The molecule has 0 aliphatic carbocycles. The van der Waals surface area contributed by atoms with Gasteiger partial charge in [-0.3, -0.25) is 14.6 Å². The van der Waals surface area contributed by atoms with Gasteiger partial charge in [-0.25, -0.2) is 0 Å². The zero-order chi connectivity index (χ0) is 17.6. The van der Waals surface area contributed by atoms with Gasteiger partial charge in [0, 0.05) is 30.6 Å². The molecule has 1 saturated heterocycles. The van der Waals surface area contributed by atoms with Gasteiger partial charge in [-0.15, -0.1) is 0 Å². The highest BCUT2D eigenvalue weighted by molar-refractivity contribution is 6.04. The predicted octanol–water partition coefficient (Wildman–Crippen LogP) is 2.55. The Balaban J connectivity index is 1.63. The first-order chi connectivity index (χ1) is 12.1. The van der Waals surface area contributed by atoms with Crippen LogP contribution in [0.5, 0.6) is 0 Å². The van der Waals surface area contributed by atoms with Crippen molar-refractivity contribution in [2.75, 3.05) is 18.5 Å². The summed E-state index contributed by atoms with van der Waals surface area (Å²) in [5.41, 5.74) is 2.35. The summed E-state index contributed by atoms with van der Waals surface area (Å²) >= 11 is 0. The molecule has 0 spiro atoms. The number of aromatic nitrogens is 1. The number of aryl methyl sites for hydroxylation is 1. The molecule has 0 bridgehead atoms. The third kappa shape index (κ3) is 4.64. The van der Waals surface area contributed by atoms with Crippen molar-refractivity contribution in [1.29, 1.82) is 0 Å². The van der Waals surface area contributed by atoms with Gasteiger partial charge in [0.25, 0.3) is 11.8 Å². The first-order valence-corrected chi connectivity index (χ1v) is 8.36. The highest BCUT2D eigenvalue weighted by Crippen LogP contribution is 2.13. The molecule has 1 aromatic carbocycles. The molecule has 25 heavy (non-hydrogen) atoms. The standard InChI is InChI=1S/C19H21N3O3/c1-13-4-2-5-15(10-13)22-19(24)17-11-14(7-8-20-17)18(23)21-12-16-6-3-9-25-16/h2,4-5,7-8,10-11,16H,3,6,9,12H2,1H3,(H,21,23)(H,22,24). The van der Waals surface area contributed by atoms with E-state index in [2.05, 4.69) is 15.6 Å². The van der Waals surface area contributed by atoms with Gasteiger partial charge in [-0.1, -0.05) is 12.1 Å². The van der Waals surface area contributed by atoms with Crippen LogP contribution in [-0.2, 0) is 4.74 Å². The molecule has 0 radical (unpaired) electrons. The van der Waals surface area contributed by atoms with Crippen molar-refractivity contribution >= 4 is 17.5 Å². The molecule has 130 valence electrons. The van der Waals surface area contributed by atoms with E-state index >= 15 is 0 Å². The van der Waals surface area contributed by atoms with Gasteiger partial charge in [0.1, 0.15) is 5.69 Å². The molecule has 1 atom stereocenters. The van der Waals surface area contributed by atoms with Crippen LogP contribution < -0.4 is 10.6 Å². The summed E-state index contributed by atoms with van der Waals surface area (Å²) in [6.45, 7) is 3.18. The number of pyridine rings is 1. The zero-order valence-electron chi connectivity index (χ0n) is 14.1. The minimum Gasteiger partial charge on any atom is -0.376 e. The normalized spacial score (nSPS) is 16.4. The molecule has 0 saturated carbocycles. The van der Waals surface area contributed by atoms with Gasteiger partial charge in [-0.05, 0) is 49.6 Å². The minimum absolute atomic E-state index is 0.0786. The highest BCUT2D eigenvalue weighted by Gasteiger charge is 2.17. The first-order valence-electron chi connectivity index (χ1n) is 8.36. The molecular weight excluding hydrogens is 318 g/mol. The van der Waals surface area contributed by atoms with Gasteiger partial charge in [0.15, 0.2) is 0 Å². The van der Waals surface area contributed by atoms with E-state index in [-0.39, 0.29) is 23.6 Å². The minimum atomic E-state index is -0.348. The smallest absolute Gasteiger partial charge is 0.274 e. The van der Waals surface area contributed by atoms with Crippen LogP contribution in [0.2, 0.25) is 0 Å². The molecule has 1 aromatic heterocycles. The molecular formula is C19H21N3O3. The van der Waals surface area contributed by atoms with E-state index in [1.807, 2.05) is 31.2 Å². The fraction of sp³-hybridized carbons (Fsp3) is 0.316. The molecule has 1 unspecified atom stereocenters. The number of carbonyl (C=O) groups is 2. The van der Waals surface area contributed by atoms with Crippen molar-refractivity contribution in [1.82, 2.24) is 10.3 Å². The van der Waals surface area contributed by atoms with Crippen molar-refractivity contribution in [3.63, 3.8) is 0 Å². The quantitative estimate of drug-likeness (QED) is 0.877. The van der Waals surface area contributed by atoms with Gasteiger partial charge in [-0.2, -0.15) is 0 Å². The molecule has 2 N–H and O–H groups in total. The lowest BCUT2D eigenvalue weighted by molar-refractivity contribution is 0.0857. The average Bonchev–Trinajstić information content (AvgIpc) is 3.13. The lowest BCUT2D eigenvalue weighted by atomic mass is 10.2. The third-order valence-electron chi connectivity index (χ3n) is 4.04. The maximum Gasteiger partial charge on any atom is 0.274 e. The van der Waals surface area contributed by atoms with Gasteiger partial charge >= 0.3 is 0 Å². The summed E-state index contributed by atoms with van der Waals surface area (Å²) in [6.07, 6.45) is 3.53. The summed E-state index contributed by atoms with van der Waals surface area (Å²) in [4.78, 5) is 28.7. The monoisotopic (exact) mass is 339 g/mol. The lowest BCUT2D eigenvalue weighted by Crippen LogP contribution is -2.32. The fourth-order valence-corrected chi connectivity index (χ4v) is 2.73. The molecule has 3 rings (SSSR count). The highest BCUT2D eigenvalue weighted by atomic mass is 16.5. The van der Waals surface area contributed by atoms with Crippen molar-refractivity contribution in [2.24, 2.45) is 0 Å². The largest absolute Gasteiger partial charge is 0.376 e.